The van der Waals surface area contributed by atoms with Crippen LogP contribution < -0.4 is 29.8 Å². The molecule has 0 aliphatic carbocycles. The van der Waals surface area contributed by atoms with Crippen LogP contribution in [0.3, 0.4) is 0 Å². The van der Waals surface area contributed by atoms with E-state index in [1.165, 1.54) is 0 Å². The van der Waals surface area contributed by atoms with Crippen molar-refractivity contribution in [1.82, 2.24) is 15.2 Å². The zero-order chi connectivity index (χ0) is 23.7. The molecule has 0 bridgehead atoms. The molecule has 2 aliphatic heterocycles. The molecule has 0 saturated heterocycles. The van der Waals surface area contributed by atoms with E-state index in [-0.39, 0.29) is 18.4 Å². The van der Waals surface area contributed by atoms with Crippen LogP contribution >= 0.6 is 12.2 Å². The maximum atomic E-state index is 13.0. The van der Waals surface area contributed by atoms with Gasteiger partial charge in [0.25, 0.3) is 5.56 Å². The summed E-state index contributed by atoms with van der Waals surface area (Å²) in [5.74, 6) is 2.78. The third-order valence-electron chi connectivity index (χ3n) is 6.03. The quantitative estimate of drug-likeness (QED) is 0.516. The first-order valence-electron chi connectivity index (χ1n) is 11.4. The number of H-pyrrole nitrogens is 1. The van der Waals surface area contributed by atoms with Crippen molar-refractivity contribution in [2.75, 3.05) is 20.0 Å². The van der Waals surface area contributed by atoms with E-state index in [2.05, 4.69) is 24.1 Å². The molecule has 2 N–H and O–H groups in total. The van der Waals surface area contributed by atoms with E-state index in [0.717, 1.165) is 23.1 Å². The minimum absolute atomic E-state index is 0.161. The Labute approximate surface area is 202 Å². The highest BCUT2D eigenvalue weighted by molar-refractivity contribution is 7.80. The average molecular weight is 482 g/mol. The predicted octanol–water partition coefficient (Wildman–Crippen LogP) is 3.70. The van der Waals surface area contributed by atoms with Crippen molar-refractivity contribution in [3.05, 3.63) is 57.9 Å². The molecule has 1 unspecified atom stereocenters. The Morgan fingerprint density at radius 2 is 1.76 bits per heavy atom. The van der Waals surface area contributed by atoms with Gasteiger partial charge in [0.15, 0.2) is 28.1 Å². The number of nitrogens with zero attached hydrogens (tertiary/aromatic N) is 1. The lowest BCUT2D eigenvalue weighted by Gasteiger charge is -2.28. The second-order valence-electron chi connectivity index (χ2n) is 8.51. The summed E-state index contributed by atoms with van der Waals surface area (Å²) in [6.45, 7) is 6.27. The smallest absolute Gasteiger partial charge is 0.253 e. The van der Waals surface area contributed by atoms with Crippen molar-refractivity contribution in [1.29, 1.82) is 0 Å². The molecule has 1 aromatic heterocycles. The third kappa shape index (κ3) is 4.61. The van der Waals surface area contributed by atoms with Gasteiger partial charge in [-0.05, 0) is 55.4 Å². The third-order valence-corrected chi connectivity index (χ3v) is 6.40. The van der Waals surface area contributed by atoms with Crippen molar-refractivity contribution >= 4 is 28.2 Å². The number of hydrogen-bond acceptors (Lipinski definition) is 6. The lowest BCUT2D eigenvalue weighted by molar-refractivity contribution is 0.172. The Balaban J connectivity index is 1.45. The number of thiocarbonyl (C=S) groups is 1. The van der Waals surface area contributed by atoms with Gasteiger partial charge in [0, 0.05) is 29.6 Å². The summed E-state index contributed by atoms with van der Waals surface area (Å²) in [4.78, 5) is 18.0. The maximum Gasteiger partial charge on any atom is 0.253 e. The Kier molecular flexibility index (Phi) is 6.19. The normalized spacial score (nSPS) is 14.6. The SMILES string of the molecule is CCC(C)NC(=S)N(Cc1ccc2c(c1)OCO2)Cc1cc2cc3c(cc2[nH]c1=O)OCCO3. The summed E-state index contributed by atoms with van der Waals surface area (Å²) in [6.07, 6.45) is 0.932. The topological polar surface area (TPSA) is 85.1 Å². The predicted molar refractivity (Wildman–Crippen MR) is 133 cm³/mol. The minimum atomic E-state index is -0.161. The molecule has 3 aromatic rings. The molecule has 0 radical (unpaired) electrons. The van der Waals surface area contributed by atoms with E-state index >= 15 is 0 Å². The molecule has 1 atom stereocenters. The summed E-state index contributed by atoms with van der Waals surface area (Å²) >= 11 is 5.74. The number of fused-ring (bicyclic) bond motifs is 3. The van der Waals surface area contributed by atoms with Gasteiger partial charge in [-0.3, -0.25) is 4.79 Å². The van der Waals surface area contributed by atoms with Gasteiger partial charge in [-0.25, -0.2) is 0 Å². The molecular weight excluding hydrogens is 454 g/mol. The van der Waals surface area contributed by atoms with Crippen LogP contribution in [0.4, 0.5) is 0 Å². The Bertz CT molecular complexity index is 1290. The van der Waals surface area contributed by atoms with Crippen molar-refractivity contribution < 1.29 is 18.9 Å². The highest BCUT2D eigenvalue weighted by Gasteiger charge is 2.19. The van der Waals surface area contributed by atoms with Gasteiger partial charge in [-0.2, -0.15) is 0 Å². The minimum Gasteiger partial charge on any atom is -0.486 e. The number of aromatic amines is 1. The van der Waals surface area contributed by atoms with Crippen LogP contribution in [0.15, 0.2) is 41.2 Å². The number of rotatable bonds is 6. The van der Waals surface area contributed by atoms with Gasteiger partial charge in [0.2, 0.25) is 6.79 Å². The van der Waals surface area contributed by atoms with Crippen molar-refractivity contribution in [3.63, 3.8) is 0 Å². The highest BCUT2D eigenvalue weighted by Crippen LogP contribution is 2.34. The lowest BCUT2D eigenvalue weighted by atomic mass is 10.1. The van der Waals surface area contributed by atoms with E-state index in [1.807, 2.05) is 41.3 Å². The molecule has 178 valence electrons. The van der Waals surface area contributed by atoms with Crippen LogP contribution in [0, 0.1) is 0 Å². The van der Waals surface area contributed by atoms with Crippen LogP contribution in [0.5, 0.6) is 23.0 Å². The fraction of sp³-hybridized carbons (Fsp3) is 0.360. The Morgan fingerprint density at radius 1 is 1.03 bits per heavy atom. The number of nitrogens with one attached hydrogen (secondary N) is 2. The summed E-state index contributed by atoms with van der Waals surface area (Å²) < 4.78 is 22.3. The van der Waals surface area contributed by atoms with E-state index in [1.54, 1.807) is 0 Å². The molecule has 0 amide bonds. The molecule has 8 nitrogen and oxygen atoms in total. The van der Waals surface area contributed by atoms with Gasteiger partial charge >= 0.3 is 0 Å². The average Bonchev–Trinajstić information content (AvgIpc) is 3.30. The summed E-state index contributed by atoms with van der Waals surface area (Å²) in [5.41, 5.74) is 2.17. The zero-order valence-corrected chi connectivity index (χ0v) is 20.0. The molecule has 3 heterocycles. The van der Waals surface area contributed by atoms with Crippen molar-refractivity contribution in [2.24, 2.45) is 0 Å². The van der Waals surface area contributed by atoms with Gasteiger partial charge < -0.3 is 34.1 Å². The first-order valence-corrected chi connectivity index (χ1v) is 11.8. The summed E-state index contributed by atoms with van der Waals surface area (Å²) in [5, 5.41) is 4.84. The van der Waals surface area contributed by atoms with E-state index in [9.17, 15) is 4.79 Å². The van der Waals surface area contributed by atoms with Gasteiger partial charge in [-0.15, -0.1) is 0 Å². The summed E-state index contributed by atoms with van der Waals surface area (Å²) in [6, 6.07) is 11.7. The number of ether oxygens (including phenoxy) is 4. The molecule has 0 spiro atoms. The monoisotopic (exact) mass is 481 g/mol. The second kappa shape index (κ2) is 9.42. The van der Waals surface area contributed by atoms with E-state index in [4.69, 9.17) is 31.2 Å². The van der Waals surface area contributed by atoms with Crippen LogP contribution in [0.25, 0.3) is 10.9 Å². The zero-order valence-electron chi connectivity index (χ0n) is 19.2. The second-order valence-corrected chi connectivity index (χ2v) is 8.90. The lowest BCUT2D eigenvalue weighted by Crippen LogP contribution is -2.43. The van der Waals surface area contributed by atoms with Crippen LogP contribution in [-0.2, 0) is 13.1 Å². The van der Waals surface area contributed by atoms with E-state index in [0.29, 0.717) is 59.7 Å². The molecule has 2 aliphatic rings. The van der Waals surface area contributed by atoms with Crippen LogP contribution in [0.1, 0.15) is 31.4 Å². The molecule has 0 fully saturated rings. The number of aromatic nitrogens is 1. The molecule has 9 heteroatoms. The fourth-order valence-electron chi connectivity index (χ4n) is 3.97. The molecule has 2 aromatic carbocycles. The molecule has 34 heavy (non-hydrogen) atoms. The first-order chi connectivity index (χ1) is 16.5. The summed E-state index contributed by atoms with van der Waals surface area (Å²) in [7, 11) is 0. The van der Waals surface area contributed by atoms with E-state index < -0.39 is 0 Å². The van der Waals surface area contributed by atoms with Crippen LogP contribution in [0.2, 0.25) is 0 Å². The standard InChI is InChI=1S/C25H27N3O5S/c1-3-15(2)26-25(34)28(12-16-4-5-20-21(8-16)33-14-32-20)13-18-9-17-10-22-23(31-7-6-30-22)11-19(17)27-24(18)29/h4-5,8-11,15H,3,6-7,12-14H2,1-2H3,(H,26,34)(H,27,29). The molecule has 5 rings (SSSR count). The highest BCUT2D eigenvalue weighted by atomic mass is 32.1. The van der Waals surface area contributed by atoms with Gasteiger partial charge in [0.05, 0.1) is 12.1 Å². The molecular formula is C25H27N3O5S. The maximum absolute atomic E-state index is 13.0. The largest absolute Gasteiger partial charge is 0.486 e. The first kappa shape index (κ1) is 22.3. The van der Waals surface area contributed by atoms with Gasteiger partial charge in [0.1, 0.15) is 13.2 Å². The van der Waals surface area contributed by atoms with Crippen molar-refractivity contribution in [3.8, 4) is 23.0 Å². The Hall–Kier alpha value is -3.46. The fourth-order valence-corrected chi connectivity index (χ4v) is 4.30. The van der Waals surface area contributed by atoms with Gasteiger partial charge in [-0.1, -0.05) is 13.0 Å². The van der Waals surface area contributed by atoms with Crippen LogP contribution in [-0.4, -0.2) is 41.0 Å². The Morgan fingerprint density at radius 3 is 2.56 bits per heavy atom. The number of benzene rings is 2. The number of pyridine rings is 1. The molecule has 0 saturated carbocycles. The number of hydrogen-bond donors (Lipinski definition) is 2. The van der Waals surface area contributed by atoms with Crippen molar-refractivity contribution in [2.45, 2.75) is 39.4 Å².